The summed E-state index contributed by atoms with van der Waals surface area (Å²) in [5.74, 6) is 0. The van der Waals surface area contributed by atoms with Gasteiger partial charge in [-0.3, -0.25) is 0 Å². The van der Waals surface area contributed by atoms with Gasteiger partial charge in [-0.1, -0.05) is 210 Å². The number of nitrogens with zero attached hydrogens (tertiary/aromatic N) is 2. The highest BCUT2D eigenvalue weighted by molar-refractivity contribution is 5.95. The summed E-state index contributed by atoms with van der Waals surface area (Å²) in [5, 5.41) is 0. The summed E-state index contributed by atoms with van der Waals surface area (Å²) in [6.45, 7) is 10.7. The fourth-order valence-electron chi connectivity index (χ4n) is 9.26. The number of hydrogen-bond acceptors (Lipinski definition) is 2. The highest BCUT2D eigenvalue weighted by atomic mass is 15.1. The molecule has 0 aliphatic carbocycles. The molecule has 2 nitrogen and oxygen atoms in total. The van der Waals surface area contributed by atoms with Crippen molar-refractivity contribution in [2.24, 2.45) is 0 Å². The Balaban J connectivity index is 1.03. The topological polar surface area (TPSA) is 6.48 Å². The summed E-state index contributed by atoms with van der Waals surface area (Å²) < 4.78 is 0. The van der Waals surface area contributed by atoms with Gasteiger partial charge in [-0.25, -0.2) is 0 Å². The van der Waals surface area contributed by atoms with Crippen LogP contribution >= 0.6 is 0 Å². The minimum atomic E-state index is 1.08. The maximum atomic E-state index is 2.39. The zero-order valence-electron chi connectivity index (χ0n) is 41.2. The Labute approximate surface area is 420 Å². The van der Waals surface area contributed by atoms with E-state index in [1.165, 1.54) is 66.8 Å². The third kappa shape index (κ3) is 10.6. The molecule has 0 fully saturated rings. The van der Waals surface area contributed by atoms with Crippen molar-refractivity contribution < 1.29 is 0 Å². The molecule has 10 rings (SSSR count). The largest absolute Gasteiger partial charge is 0.311 e. The van der Waals surface area contributed by atoms with Gasteiger partial charge in [0.2, 0.25) is 0 Å². The van der Waals surface area contributed by atoms with Gasteiger partial charge in [-0.15, -0.1) is 0 Å². The Kier molecular flexibility index (Phi) is 13.5. The SMILES string of the molecule is Cc1ccc(C=Cc2ccc(N(c3ccc(C)cc3)c3ccc(-c4ccccc4-c4cc(N(c5ccc(C)cc5)c5ccc(C=Cc6ccc(C)cc6)cc5)ccc4-c4ccccc4C)cc3)cc2)cc1. The maximum absolute atomic E-state index is 2.39. The molecule has 0 amide bonds. The van der Waals surface area contributed by atoms with Crippen LogP contribution in [0.3, 0.4) is 0 Å². The fraction of sp³-hybridized carbons (Fsp3) is 0.0725. The van der Waals surface area contributed by atoms with Crippen LogP contribution in [0, 0.1) is 34.6 Å². The van der Waals surface area contributed by atoms with Crippen LogP contribution in [-0.4, -0.2) is 0 Å². The first kappa shape index (κ1) is 46.0. The molecule has 0 saturated heterocycles. The summed E-state index contributed by atoms with van der Waals surface area (Å²) in [5.41, 5.74) is 24.5. The van der Waals surface area contributed by atoms with E-state index in [4.69, 9.17) is 0 Å². The van der Waals surface area contributed by atoms with Crippen molar-refractivity contribution in [3.05, 3.63) is 287 Å². The summed E-state index contributed by atoms with van der Waals surface area (Å²) in [7, 11) is 0. The minimum absolute atomic E-state index is 1.08. The van der Waals surface area contributed by atoms with Crippen molar-refractivity contribution >= 4 is 58.4 Å². The van der Waals surface area contributed by atoms with E-state index in [1.807, 2.05) is 0 Å². The third-order valence-corrected chi connectivity index (χ3v) is 13.3. The predicted octanol–water partition coefficient (Wildman–Crippen LogP) is 19.5. The van der Waals surface area contributed by atoms with E-state index in [-0.39, 0.29) is 0 Å². The second kappa shape index (κ2) is 20.9. The van der Waals surface area contributed by atoms with Crippen LogP contribution in [0.25, 0.3) is 57.7 Å². The monoisotopic (exact) mass is 914 g/mol. The lowest BCUT2D eigenvalue weighted by atomic mass is 9.87. The van der Waals surface area contributed by atoms with Gasteiger partial charge in [-0.2, -0.15) is 0 Å². The number of hydrogen-bond donors (Lipinski definition) is 0. The quantitative estimate of drug-likeness (QED) is 0.106. The molecule has 0 aromatic heterocycles. The summed E-state index contributed by atoms with van der Waals surface area (Å²) in [6.07, 6.45) is 8.72. The van der Waals surface area contributed by atoms with E-state index in [9.17, 15) is 0 Å². The Morgan fingerprint density at radius 1 is 0.239 bits per heavy atom. The molecule has 0 radical (unpaired) electrons. The molecule has 0 spiro atoms. The lowest BCUT2D eigenvalue weighted by molar-refractivity contribution is 1.27. The molecule has 10 aromatic rings. The first-order valence-electron chi connectivity index (χ1n) is 24.6. The standard InChI is InChI=1S/C69H58N2/c1-49-14-22-54(23-15-49)26-28-56-30-40-61(41-31-56)70(59-36-18-51(3)19-37-59)63-44-34-58(35-45-63)66-12-8-9-13-67(66)69-48-64(46-47-68(69)65-11-7-6-10-53(65)5)71(60-38-20-52(4)21-39-60)62-42-32-57(33-43-62)29-27-55-24-16-50(2)17-25-55/h6-48H,1-5H3. The predicted molar refractivity (Wildman–Crippen MR) is 307 cm³/mol. The van der Waals surface area contributed by atoms with Crippen LogP contribution in [0.4, 0.5) is 34.1 Å². The number of anilines is 6. The minimum Gasteiger partial charge on any atom is -0.311 e. The van der Waals surface area contributed by atoms with Crippen molar-refractivity contribution in [3.63, 3.8) is 0 Å². The summed E-state index contributed by atoms with van der Waals surface area (Å²) in [6, 6.07) is 86.3. The van der Waals surface area contributed by atoms with Crippen molar-refractivity contribution in [3.8, 4) is 33.4 Å². The summed E-state index contributed by atoms with van der Waals surface area (Å²) >= 11 is 0. The molecule has 0 heterocycles. The molecule has 0 aliphatic heterocycles. The van der Waals surface area contributed by atoms with Crippen molar-refractivity contribution in [1.82, 2.24) is 0 Å². The molecule has 2 heteroatoms. The highest BCUT2D eigenvalue weighted by Crippen LogP contribution is 2.45. The Morgan fingerprint density at radius 2 is 0.535 bits per heavy atom. The first-order chi connectivity index (χ1) is 34.7. The zero-order chi connectivity index (χ0) is 48.7. The molecule has 0 aliphatic rings. The van der Waals surface area contributed by atoms with E-state index in [2.05, 4.69) is 305 Å². The van der Waals surface area contributed by atoms with Crippen molar-refractivity contribution in [2.45, 2.75) is 34.6 Å². The number of rotatable bonds is 13. The van der Waals surface area contributed by atoms with Crippen molar-refractivity contribution in [1.29, 1.82) is 0 Å². The summed E-state index contributed by atoms with van der Waals surface area (Å²) in [4.78, 5) is 4.72. The highest BCUT2D eigenvalue weighted by Gasteiger charge is 2.20. The normalized spacial score (nSPS) is 11.3. The average molecular weight is 915 g/mol. The third-order valence-electron chi connectivity index (χ3n) is 13.3. The molecule has 0 unspecified atom stereocenters. The van der Waals surface area contributed by atoms with E-state index in [0.29, 0.717) is 0 Å². The Bertz CT molecular complexity index is 3450. The molecule has 344 valence electrons. The molecule has 0 atom stereocenters. The molecule has 0 bridgehead atoms. The van der Waals surface area contributed by atoms with Crippen LogP contribution in [-0.2, 0) is 0 Å². The van der Waals surface area contributed by atoms with Gasteiger partial charge in [0.05, 0.1) is 0 Å². The van der Waals surface area contributed by atoms with Gasteiger partial charge in [0.25, 0.3) is 0 Å². The van der Waals surface area contributed by atoms with Crippen LogP contribution in [0.15, 0.2) is 237 Å². The number of benzene rings is 10. The van der Waals surface area contributed by atoms with Crippen molar-refractivity contribution in [2.75, 3.05) is 9.80 Å². The molecular formula is C69H58N2. The first-order valence-corrected chi connectivity index (χ1v) is 24.6. The smallest absolute Gasteiger partial charge is 0.0468 e. The lowest BCUT2D eigenvalue weighted by Gasteiger charge is -2.27. The zero-order valence-corrected chi connectivity index (χ0v) is 41.2. The lowest BCUT2D eigenvalue weighted by Crippen LogP contribution is -2.10. The van der Waals surface area contributed by atoms with Gasteiger partial charge in [-0.05, 0) is 169 Å². The van der Waals surface area contributed by atoms with Crippen LogP contribution in [0.5, 0.6) is 0 Å². The molecular weight excluding hydrogens is 857 g/mol. The molecule has 10 aromatic carbocycles. The average Bonchev–Trinajstić information content (AvgIpc) is 3.41. The van der Waals surface area contributed by atoms with Gasteiger partial charge in [0.1, 0.15) is 0 Å². The van der Waals surface area contributed by atoms with E-state index in [1.54, 1.807) is 0 Å². The number of aryl methyl sites for hydroxylation is 5. The van der Waals surface area contributed by atoms with Gasteiger partial charge >= 0.3 is 0 Å². The second-order valence-electron chi connectivity index (χ2n) is 18.7. The van der Waals surface area contributed by atoms with Gasteiger partial charge in [0, 0.05) is 34.1 Å². The van der Waals surface area contributed by atoms with Crippen LogP contribution in [0.1, 0.15) is 50.1 Å². The second-order valence-corrected chi connectivity index (χ2v) is 18.7. The van der Waals surface area contributed by atoms with Crippen LogP contribution in [0.2, 0.25) is 0 Å². The van der Waals surface area contributed by atoms with E-state index >= 15 is 0 Å². The fourth-order valence-corrected chi connectivity index (χ4v) is 9.26. The van der Waals surface area contributed by atoms with Gasteiger partial charge in [0.15, 0.2) is 0 Å². The Morgan fingerprint density at radius 3 is 0.958 bits per heavy atom. The van der Waals surface area contributed by atoms with Gasteiger partial charge < -0.3 is 9.80 Å². The maximum Gasteiger partial charge on any atom is 0.0468 e. The molecule has 0 saturated carbocycles. The molecule has 71 heavy (non-hydrogen) atoms. The molecule has 0 N–H and O–H groups in total. The Hall–Kier alpha value is -8.72. The van der Waals surface area contributed by atoms with E-state index < -0.39 is 0 Å². The van der Waals surface area contributed by atoms with Crippen LogP contribution < -0.4 is 9.80 Å². The van der Waals surface area contributed by atoms with E-state index in [0.717, 1.165) is 50.8 Å².